The number of carbonyl (C=O) groups is 2. The first-order chi connectivity index (χ1) is 11.4. The van der Waals surface area contributed by atoms with E-state index in [9.17, 15) is 14.4 Å². The fourth-order valence-electron chi connectivity index (χ4n) is 2.56. The average molecular weight is 335 g/mol. The van der Waals surface area contributed by atoms with Crippen LogP contribution in [-0.4, -0.2) is 47.8 Å². The van der Waals surface area contributed by atoms with Gasteiger partial charge in [-0.15, -0.1) is 0 Å². The molecule has 0 aliphatic carbocycles. The van der Waals surface area contributed by atoms with Crippen LogP contribution in [0, 0.1) is 11.8 Å². The summed E-state index contributed by atoms with van der Waals surface area (Å²) < 4.78 is 1.29. The van der Waals surface area contributed by atoms with Crippen LogP contribution in [0.15, 0.2) is 17.1 Å². The Kier molecular flexibility index (Phi) is 5.94. The maximum atomic E-state index is 11.8. The third-order valence-electron chi connectivity index (χ3n) is 4.14. The van der Waals surface area contributed by atoms with Crippen LogP contribution in [0.25, 0.3) is 0 Å². The van der Waals surface area contributed by atoms with Gasteiger partial charge in [0.1, 0.15) is 0 Å². The molecule has 0 unspecified atom stereocenters. The molecule has 1 aromatic rings. The van der Waals surface area contributed by atoms with Crippen molar-refractivity contribution >= 4 is 17.5 Å². The van der Waals surface area contributed by atoms with Gasteiger partial charge in [-0.05, 0) is 12.3 Å². The largest absolute Gasteiger partial charge is 0.370 e. The summed E-state index contributed by atoms with van der Waals surface area (Å²) in [5, 5.41) is 9.48. The molecule has 0 aromatic carbocycles. The number of carbonyl (C=O) groups excluding carboxylic acids is 2. The van der Waals surface area contributed by atoms with Gasteiger partial charge in [-0.1, -0.05) is 13.8 Å². The van der Waals surface area contributed by atoms with Crippen LogP contribution < -0.4 is 21.1 Å². The van der Waals surface area contributed by atoms with Gasteiger partial charge in [-0.25, -0.2) is 4.68 Å². The van der Waals surface area contributed by atoms with Gasteiger partial charge in [0.25, 0.3) is 5.56 Å². The Morgan fingerprint density at radius 1 is 1.38 bits per heavy atom. The number of anilines is 1. The maximum absolute atomic E-state index is 11.8. The van der Waals surface area contributed by atoms with E-state index in [1.807, 2.05) is 0 Å². The van der Waals surface area contributed by atoms with Gasteiger partial charge in [0.05, 0.1) is 18.4 Å². The summed E-state index contributed by atoms with van der Waals surface area (Å²) in [7, 11) is 1.62. The SMILES string of the molecule is CC(C)C(=O)NCC(=O)NC[C@@H]1CCN(c2cnn(C)c(=O)c2)C1. The molecular formula is C16H25N5O3. The lowest BCUT2D eigenvalue weighted by atomic mass is 10.1. The monoisotopic (exact) mass is 335 g/mol. The quantitative estimate of drug-likeness (QED) is 0.730. The van der Waals surface area contributed by atoms with E-state index in [0.29, 0.717) is 12.5 Å². The average Bonchev–Trinajstić information content (AvgIpc) is 3.02. The number of nitrogens with one attached hydrogen (secondary N) is 2. The molecule has 24 heavy (non-hydrogen) atoms. The van der Waals surface area contributed by atoms with Crippen molar-refractivity contribution in [1.82, 2.24) is 20.4 Å². The van der Waals surface area contributed by atoms with Crippen LogP contribution in [0.3, 0.4) is 0 Å². The minimum absolute atomic E-state index is 0.00605. The molecule has 132 valence electrons. The summed E-state index contributed by atoms with van der Waals surface area (Å²) in [5.74, 6) is -0.125. The highest BCUT2D eigenvalue weighted by atomic mass is 16.2. The molecule has 2 amide bonds. The molecule has 1 saturated heterocycles. The Hall–Kier alpha value is -2.38. The summed E-state index contributed by atoms with van der Waals surface area (Å²) >= 11 is 0. The zero-order valence-electron chi connectivity index (χ0n) is 14.4. The molecule has 2 rings (SSSR count). The Labute approximate surface area is 141 Å². The van der Waals surface area contributed by atoms with Crippen LogP contribution in [0.1, 0.15) is 20.3 Å². The van der Waals surface area contributed by atoms with E-state index >= 15 is 0 Å². The zero-order valence-corrected chi connectivity index (χ0v) is 14.4. The summed E-state index contributed by atoms with van der Waals surface area (Å²) in [5.41, 5.74) is 0.682. The van der Waals surface area contributed by atoms with Crippen molar-refractivity contribution in [3.63, 3.8) is 0 Å². The molecule has 1 aromatic heterocycles. The van der Waals surface area contributed by atoms with Gasteiger partial charge in [-0.3, -0.25) is 14.4 Å². The van der Waals surface area contributed by atoms with Crippen LogP contribution in [-0.2, 0) is 16.6 Å². The molecule has 1 fully saturated rings. The topological polar surface area (TPSA) is 96.3 Å². The number of nitrogens with zero attached hydrogens (tertiary/aromatic N) is 3. The summed E-state index contributed by atoms with van der Waals surface area (Å²) in [6, 6.07) is 1.58. The number of hydrogen-bond donors (Lipinski definition) is 2. The van der Waals surface area contributed by atoms with Crippen LogP contribution >= 0.6 is 0 Å². The van der Waals surface area contributed by atoms with E-state index < -0.39 is 0 Å². The molecular weight excluding hydrogens is 310 g/mol. The van der Waals surface area contributed by atoms with E-state index in [1.165, 1.54) is 4.68 Å². The van der Waals surface area contributed by atoms with Gasteiger partial charge in [-0.2, -0.15) is 5.10 Å². The standard InChI is InChI=1S/C16H25N5O3/c1-11(2)16(24)18-9-14(22)17-7-12-4-5-21(10-12)13-6-15(23)20(3)19-8-13/h6,8,11-12H,4-5,7,9-10H2,1-3H3,(H,17,22)(H,18,24)/t12-/m0/s1. The van der Waals surface area contributed by atoms with Crippen molar-refractivity contribution < 1.29 is 9.59 Å². The Bertz CT molecular complexity index is 655. The molecule has 0 saturated carbocycles. The van der Waals surface area contributed by atoms with E-state index in [4.69, 9.17) is 0 Å². The predicted octanol–water partition coefficient (Wildman–Crippen LogP) is -0.505. The second-order valence-electron chi connectivity index (χ2n) is 6.45. The van der Waals surface area contributed by atoms with Gasteiger partial charge < -0.3 is 15.5 Å². The van der Waals surface area contributed by atoms with Crippen LogP contribution in [0.2, 0.25) is 0 Å². The lowest BCUT2D eigenvalue weighted by molar-refractivity contribution is -0.127. The van der Waals surface area contributed by atoms with Gasteiger partial charge in [0.2, 0.25) is 11.8 Å². The van der Waals surface area contributed by atoms with E-state index in [0.717, 1.165) is 25.2 Å². The molecule has 2 heterocycles. The summed E-state index contributed by atoms with van der Waals surface area (Å²) in [6.07, 6.45) is 2.62. The minimum atomic E-state index is -0.183. The first-order valence-electron chi connectivity index (χ1n) is 8.19. The normalized spacial score (nSPS) is 17.2. The number of aromatic nitrogens is 2. The molecule has 0 spiro atoms. The Balaban J connectivity index is 1.75. The molecule has 0 bridgehead atoms. The van der Waals surface area contributed by atoms with Crippen molar-refractivity contribution in [3.05, 3.63) is 22.6 Å². The molecule has 0 radical (unpaired) electrons. The van der Waals surface area contributed by atoms with Crippen molar-refractivity contribution in [3.8, 4) is 0 Å². The molecule has 1 atom stereocenters. The van der Waals surface area contributed by atoms with Gasteiger partial charge in [0, 0.05) is 38.7 Å². The van der Waals surface area contributed by atoms with Crippen molar-refractivity contribution in [2.24, 2.45) is 18.9 Å². The second kappa shape index (κ2) is 7.94. The van der Waals surface area contributed by atoms with Crippen LogP contribution in [0.4, 0.5) is 5.69 Å². The molecule has 1 aliphatic rings. The van der Waals surface area contributed by atoms with Crippen molar-refractivity contribution in [2.45, 2.75) is 20.3 Å². The van der Waals surface area contributed by atoms with Crippen LogP contribution in [0.5, 0.6) is 0 Å². The molecule has 1 aliphatic heterocycles. The molecule has 8 heteroatoms. The third kappa shape index (κ3) is 4.81. The fraction of sp³-hybridized carbons (Fsp3) is 0.625. The highest BCUT2D eigenvalue weighted by molar-refractivity contribution is 5.85. The highest BCUT2D eigenvalue weighted by Gasteiger charge is 2.23. The van der Waals surface area contributed by atoms with E-state index in [2.05, 4.69) is 20.6 Å². The first kappa shape index (κ1) is 18.0. The van der Waals surface area contributed by atoms with Gasteiger partial charge in [0.15, 0.2) is 0 Å². The lowest BCUT2D eigenvalue weighted by Crippen LogP contribution is -2.40. The van der Waals surface area contributed by atoms with Gasteiger partial charge >= 0.3 is 0 Å². The number of rotatable bonds is 6. The minimum Gasteiger partial charge on any atom is -0.370 e. The highest BCUT2D eigenvalue weighted by Crippen LogP contribution is 2.21. The van der Waals surface area contributed by atoms with Crippen molar-refractivity contribution in [1.29, 1.82) is 0 Å². The smallest absolute Gasteiger partial charge is 0.268 e. The number of amides is 2. The fourth-order valence-corrected chi connectivity index (χ4v) is 2.56. The molecule has 2 N–H and O–H groups in total. The third-order valence-corrected chi connectivity index (χ3v) is 4.14. The predicted molar refractivity (Wildman–Crippen MR) is 90.7 cm³/mol. The number of aryl methyl sites for hydroxylation is 1. The first-order valence-corrected chi connectivity index (χ1v) is 8.19. The second-order valence-corrected chi connectivity index (χ2v) is 6.45. The zero-order chi connectivity index (χ0) is 17.7. The maximum Gasteiger partial charge on any atom is 0.268 e. The summed E-state index contributed by atoms with van der Waals surface area (Å²) in [4.78, 5) is 36.9. The Morgan fingerprint density at radius 3 is 2.79 bits per heavy atom. The van der Waals surface area contributed by atoms with E-state index in [-0.39, 0.29) is 29.8 Å². The van der Waals surface area contributed by atoms with Crippen molar-refractivity contribution in [2.75, 3.05) is 31.1 Å². The number of hydrogen-bond acceptors (Lipinski definition) is 5. The summed E-state index contributed by atoms with van der Waals surface area (Å²) in [6.45, 7) is 5.74. The van der Waals surface area contributed by atoms with E-state index in [1.54, 1.807) is 33.2 Å². The molecule has 8 nitrogen and oxygen atoms in total. The lowest BCUT2D eigenvalue weighted by Gasteiger charge is -2.18. The Morgan fingerprint density at radius 2 is 2.12 bits per heavy atom.